The molecule has 0 aliphatic carbocycles. The molecule has 1 rings (SSSR count). The van der Waals surface area contributed by atoms with Crippen molar-refractivity contribution in [1.29, 1.82) is 0 Å². The second kappa shape index (κ2) is 5.78. The van der Waals surface area contributed by atoms with Crippen molar-refractivity contribution in [2.75, 3.05) is 6.26 Å². The second-order valence-corrected chi connectivity index (χ2v) is 7.46. The van der Waals surface area contributed by atoms with Crippen molar-refractivity contribution < 1.29 is 17.9 Å². The lowest BCUT2D eigenvalue weighted by Gasteiger charge is -2.25. The molecule has 0 unspecified atom stereocenters. The Morgan fingerprint density at radius 3 is 2.35 bits per heavy atom. The Morgan fingerprint density at radius 1 is 1.35 bits per heavy atom. The molecule has 1 heterocycles. The van der Waals surface area contributed by atoms with Crippen LogP contribution in [0, 0.1) is 6.92 Å². The molecule has 0 radical (unpaired) electrons. The number of sulfonamides is 1. The molecule has 0 aromatic carbocycles. The van der Waals surface area contributed by atoms with E-state index in [4.69, 9.17) is 4.74 Å². The topological polar surface area (TPSA) is 76.6 Å². The molecule has 7 heteroatoms. The number of hydrogen-bond donors (Lipinski definition) is 0. The highest BCUT2D eigenvalue weighted by Gasteiger charge is 2.28. The maximum absolute atomic E-state index is 12.0. The van der Waals surface area contributed by atoms with Crippen LogP contribution in [0.4, 0.5) is 4.79 Å². The first-order chi connectivity index (χ1) is 8.99. The molecule has 0 aliphatic rings. The number of rotatable bonds is 3. The summed E-state index contributed by atoms with van der Waals surface area (Å²) in [4.78, 5) is 16.1. The predicted molar refractivity (Wildman–Crippen MR) is 75.6 cm³/mol. The number of hydrogen-bond acceptors (Lipinski definition) is 5. The third-order valence-electron chi connectivity index (χ3n) is 2.30. The number of carbonyl (C=O) groups is 1. The van der Waals surface area contributed by atoms with Gasteiger partial charge in [-0.15, -0.1) is 0 Å². The van der Waals surface area contributed by atoms with Crippen molar-refractivity contribution in [1.82, 2.24) is 9.29 Å². The largest absolute Gasteiger partial charge is 0.443 e. The fourth-order valence-corrected chi connectivity index (χ4v) is 2.08. The average molecular weight is 300 g/mol. The molecule has 0 fully saturated rings. The van der Waals surface area contributed by atoms with E-state index in [1.165, 1.54) is 6.20 Å². The molecular formula is C13H20N2O4S. The standard InChI is InChI=1S/C13H20N2O4S/c1-10-6-7-11(8-14-10)9-15(20(5,17)18)12(16)19-13(2,3)4/h6-8H,9H2,1-5H3. The van der Waals surface area contributed by atoms with E-state index in [1.54, 1.807) is 32.9 Å². The van der Waals surface area contributed by atoms with Gasteiger partial charge in [-0.1, -0.05) is 6.07 Å². The van der Waals surface area contributed by atoms with E-state index >= 15 is 0 Å². The van der Waals surface area contributed by atoms with Crippen molar-refractivity contribution in [2.45, 2.75) is 39.8 Å². The minimum atomic E-state index is -3.71. The normalized spacial score (nSPS) is 12.1. The monoisotopic (exact) mass is 300 g/mol. The molecular weight excluding hydrogens is 280 g/mol. The maximum atomic E-state index is 12.0. The molecule has 0 spiro atoms. The highest BCUT2D eigenvalue weighted by Crippen LogP contribution is 2.15. The van der Waals surface area contributed by atoms with Crippen molar-refractivity contribution in [3.8, 4) is 0 Å². The van der Waals surface area contributed by atoms with Gasteiger partial charge in [0, 0.05) is 11.9 Å². The fraction of sp³-hybridized carbons (Fsp3) is 0.538. The van der Waals surface area contributed by atoms with Crippen LogP contribution in [0.1, 0.15) is 32.0 Å². The van der Waals surface area contributed by atoms with Gasteiger partial charge in [-0.2, -0.15) is 0 Å². The first-order valence-electron chi connectivity index (χ1n) is 6.11. The van der Waals surface area contributed by atoms with E-state index in [0.29, 0.717) is 9.87 Å². The van der Waals surface area contributed by atoms with Crippen molar-refractivity contribution in [2.24, 2.45) is 0 Å². The summed E-state index contributed by atoms with van der Waals surface area (Å²) in [5.74, 6) is 0. The molecule has 0 saturated carbocycles. The Hall–Kier alpha value is -1.63. The molecule has 6 nitrogen and oxygen atoms in total. The highest BCUT2D eigenvalue weighted by atomic mass is 32.2. The lowest BCUT2D eigenvalue weighted by Crippen LogP contribution is -2.39. The van der Waals surface area contributed by atoms with Crippen LogP contribution >= 0.6 is 0 Å². The zero-order valence-electron chi connectivity index (χ0n) is 12.4. The Morgan fingerprint density at radius 2 is 1.95 bits per heavy atom. The summed E-state index contributed by atoms with van der Waals surface area (Å²) in [6.07, 6.45) is 1.62. The molecule has 20 heavy (non-hydrogen) atoms. The molecule has 0 bridgehead atoms. The van der Waals surface area contributed by atoms with Crippen molar-refractivity contribution >= 4 is 16.1 Å². The van der Waals surface area contributed by atoms with Crippen LogP contribution in [0.15, 0.2) is 18.3 Å². The quantitative estimate of drug-likeness (QED) is 0.854. The van der Waals surface area contributed by atoms with Crippen molar-refractivity contribution in [3.63, 3.8) is 0 Å². The Labute approximate surface area is 119 Å². The summed E-state index contributed by atoms with van der Waals surface area (Å²) >= 11 is 0. The molecule has 0 aliphatic heterocycles. The number of aryl methyl sites for hydroxylation is 1. The summed E-state index contributed by atoms with van der Waals surface area (Å²) in [5, 5.41) is 0. The zero-order chi connectivity index (χ0) is 15.6. The van der Waals surface area contributed by atoms with E-state index in [0.717, 1.165) is 11.9 Å². The number of pyridine rings is 1. The lowest BCUT2D eigenvalue weighted by atomic mass is 10.2. The molecule has 0 N–H and O–H groups in total. The van der Waals surface area contributed by atoms with Gasteiger partial charge in [-0.05, 0) is 39.3 Å². The van der Waals surface area contributed by atoms with Gasteiger partial charge < -0.3 is 4.74 Å². The predicted octanol–water partition coefficient (Wildman–Crippen LogP) is 2.09. The Balaban J connectivity index is 2.97. The minimum absolute atomic E-state index is 0.0962. The van der Waals surface area contributed by atoms with E-state index in [-0.39, 0.29) is 6.54 Å². The van der Waals surface area contributed by atoms with Gasteiger partial charge >= 0.3 is 6.09 Å². The molecule has 0 saturated heterocycles. The SMILES string of the molecule is Cc1ccc(CN(C(=O)OC(C)(C)C)S(C)(=O)=O)cn1. The number of ether oxygens (including phenoxy) is 1. The van der Waals surface area contributed by atoms with Crippen LogP contribution in [0.3, 0.4) is 0 Å². The van der Waals surface area contributed by atoms with Gasteiger partial charge in [0.25, 0.3) is 0 Å². The maximum Gasteiger partial charge on any atom is 0.424 e. The number of carbonyl (C=O) groups excluding carboxylic acids is 1. The summed E-state index contributed by atoms with van der Waals surface area (Å²) < 4.78 is 29.3. The Bertz CT molecular complexity index is 573. The van der Waals surface area contributed by atoms with E-state index in [1.807, 2.05) is 6.92 Å². The van der Waals surface area contributed by atoms with Crippen LogP contribution in [-0.2, 0) is 21.3 Å². The highest BCUT2D eigenvalue weighted by molar-refractivity contribution is 7.88. The first kappa shape index (κ1) is 16.4. The number of amides is 1. The lowest BCUT2D eigenvalue weighted by molar-refractivity contribution is 0.0382. The van der Waals surface area contributed by atoms with E-state index < -0.39 is 21.7 Å². The van der Waals surface area contributed by atoms with Crippen LogP contribution in [0.25, 0.3) is 0 Å². The number of nitrogens with zero attached hydrogens (tertiary/aromatic N) is 2. The molecule has 1 amide bonds. The van der Waals surface area contributed by atoms with Crippen LogP contribution in [0.5, 0.6) is 0 Å². The third-order valence-corrected chi connectivity index (χ3v) is 3.38. The van der Waals surface area contributed by atoms with Gasteiger partial charge in [0.2, 0.25) is 10.0 Å². The van der Waals surface area contributed by atoms with Crippen molar-refractivity contribution in [3.05, 3.63) is 29.6 Å². The molecule has 1 aromatic heterocycles. The van der Waals surface area contributed by atoms with Gasteiger partial charge in [-0.25, -0.2) is 17.5 Å². The molecule has 112 valence electrons. The van der Waals surface area contributed by atoms with E-state index in [9.17, 15) is 13.2 Å². The van der Waals surface area contributed by atoms with Gasteiger partial charge in [0.15, 0.2) is 0 Å². The third kappa shape index (κ3) is 5.16. The number of aromatic nitrogens is 1. The molecule has 0 atom stereocenters. The van der Waals surface area contributed by atoms with Crippen LogP contribution in [0.2, 0.25) is 0 Å². The summed E-state index contributed by atoms with van der Waals surface area (Å²) in [6.45, 7) is 6.77. The van der Waals surface area contributed by atoms with Crippen LogP contribution < -0.4 is 0 Å². The van der Waals surface area contributed by atoms with Crippen LogP contribution in [-0.4, -0.2) is 35.7 Å². The Kier molecular flexibility index (Phi) is 4.75. The minimum Gasteiger partial charge on any atom is -0.443 e. The van der Waals surface area contributed by atoms with E-state index in [2.05, 4.69) is 4.98 Å². The smallest absolute Gasteiger partial charge is 0.424 e. The summed E-state index contributed by atoms with van der Waals surface area (Å²) in [7, 11) is -3.71. The zero-order valence-corrected chi connectivity index (χ0v) is 13.2. The first-order valence-corrected chi connectivity index (χ1v) is 7.96. The second-order valence-electron chi connectivity index (χ2n) is 5.56. The fourth-order valence-electron chi connectivity index (χ4n) is 1.39. The summed E-state index contributed by atoms with van der Waals surface area (Å²) in [5.41, 5.74) is 0.676. The van der Waals surface area contributed by atoms with Gasteiger partial charge in [0.05, 0.1) is 12.8 Å². The average Bonchev–Trinajstić information content (AvgIpc) is 2.24. The van der Waals surface area contributed by atoms with Gasteiger partial charge in [-0.3, -0.25) is 4.98 Å². The molecule has 1 aromatic rings. The summed E-state index contributed by atoms with van der Waals surface area (Å²) in [6, 6.07) is 3.48. The van der Waals surface area contributed by atoms with Gasteiger partial charge in [0.1, 0.15) is 5.60 Å².